The smallest absolute Gasteiger partial charge is 0.166 e. The van der Waals surface area contributed by atoms with Gasteiger partial charge in [0.05, 0.1) is 11.8 Å². The first-order valence-corrected chi connectivity index (χ1v) is 4.30. The van der Waals surface area contributed by atoms with Crippen LogP contribution >= 0.6 is 0 Å². The molecule has 0 saturated carbocycles. The van der Waals surface area contributed by atoms with Crippen molar-refractivity contribution < 1.29 is 4.39 Å². The Morgan fingerprint density at radius 2 is 2.36 bits per heavy atom. The molecule has 2 heterocycles. The van der Waals surface area contributed by atoms with Gasteiger partial charge in [-0.3, -0.25) is 4.98 Å². The molecule has 2 rings (SSSR count). The van der Waals surface area contributed by atoms with Crippen LogP contribution in [-0.2, 0) is 6.54 Å². The monoisotopic (exact) mass is 192 g/mol. The van der Waals surface area contributed by atoms with E-state index >= 15 is 0 Å². The standard InChI is InChI=1S/C9H9FN4/c1-2-14-6-12-13-9(14)7-3-4-11-5-8(7)10/h3-6H,2H2,1H3. The van der Waals surface area contributed by atoms with E-state index in [1.807, 2.05) is 6.92 Å². The maximum atomic E-state index is 13.3. The quantitative estimate of drug-likeness (QED) is 0.724. The third kappa shape index (κ3) is 1.37. The first kappa shape index (κ1) is 8.80. The second-order valence-corrected chi connectivity index (χ2v) is 2.80. The van der Waals surface area contributed by atoms with E-state index in [0.29, 0.717) is 17.9 Å². The molecule has 0 aromatic carbocycles. The number of pyridine rings is 1. The van der Waals surface area contributed by atoms with E-state index in [9.17, 15) is 4.39 Å². The molecule has 14 heavy (non-hydrogen) atoms. The van der Waals surface area contributed by atoms with E-state index in [4.69, 9.17) is 0 Å². The van der Waals surface area contributed by atoms with E-state index in [2.05, 4.69) is 15.2 Å². The van der Waals surface area contributed by atoms with Crippen LogP contribution in [0.2, 0.25) is 0 Å². The summed E-state index contributed by atoms with van der Waals surface area (Å²) in [6, 6.07) is 1.59. The van der Waals surface area contributed by atoms with Gasteiger partial charge in [0.15, 0.2) is 11.6 Å². The van der Waals surface area contributed by atoms with Crippen LogP contribution in [0.4, 0.5) is 4.39 Å². The largest absolute Gasteiger partial charge is 0.314 e. The molecule has 0 atom stereocenters. The summed E-state index contributed by atoms with van der Waals surface area (Å²) in [5.41, 5.74) is 0.430. The summed E-state index contributed by atoms with van der Waals surface area (Å²) in [4.78, 5) is 3.68. The van der Waals surface area contributed by atoms with E-state index in [1.165, 1.54) is 12.4 Å². The summed E-state index contributed by atoms with van der Waals surface area (Å²) in [5.74, 6) is 0.155. The lowest BCUT2D eigenvalue weighted by atomic mass is 10.2. The second kappa shape index (κ2) is 3.53. The predicted molar refractivity (Wildman–Crippen MR) is 48.9 cm³/mol. The predicted octanol–water partition coefficient (Wildman–Crippen LogP) is 1.50. The van der Waals surface area contributed by atoms with Crippen LogP contribution in [0.15, 0.2) is 24.8 Å². The first-order chi connectivity index (χ1) is 6.83. The number of halogens is 1. The Bertz CT molecular complexity index is 438. The fourth-order valence-electron chi connectivity index (χ4n) is 1.25. The van der Waals surface area contributed by atoms with Gasteiger partial charge in [-0.15, -0.1) is 10.2 Å². The highest BCUT2D eigenvalue weighted by molar-refractivity contribution is 5.54. The molecule has 72 valence electrons. The zero-order valence-corrected chi connectivity index (χ0v) is 7.68. The number of aromatic nitrogens is 4. The number of aryl methyl sites for hydroxylation is 1. The Hall–Kier alpha value is -1.78. The second-order valence-electron chi connectivity index (χ2n) is 2.80. The van der Waals surface area contributed by atoms with Gasteiger partial charge >= 0.3 is 0 Å². The van der Waals surface area contributed by atoms with Crippen molar-refractivity contribution in [1.29, 1.82) is 0 Å². The lowest BCUT2D eigenvalue weighted by molar-refractivity contribution is 0.621. The maximum Gasteiger partial charge on any atom is 0.166 e. The molecular formula is C9H9FN4. The summed E-state index contributed by atoms with van der Waals surface area (Å²) < 4.78 is 15.1. The lowest BCUT2D eigenvalue weighted by Crippen LogP contribution is -1.98. The molecule has 0 unspecified atom stereocenters. The topological polar surface area (TPSA) is 43.6 Å². The lowest BCUT2D eigenvalue weighted by Gasteiger charge is -2.02. The number of hydrogen-bond acceptors (Lipinski definition) is 3. The third-order valence-corrected chi connectivity index (χ3v) is 1.97. The Kier molecular flexibility index (Phi) is 2.22. The summed E-state index contributed by atoms with van der Waals surface area (Å²) in [6.45, 7) is 2.66. The molecule has 0 bridgehead atoms. The van der Waals surface area contributed by atoms with Crippen molar-refractivity contribution in [2.45, 2.75) is 13.5 Å². The molecule has 0 aliphatic heterocycles. The van der Waals surface area contributed by atoms with Crippen LogP contribution in [0.1, 0.15) is 6.92 Å². The number of hydrogen-bond donors (Lipinski definition) is 0. The van der Waals surface area contributed by atoms with Gasteiger partial charge in [0.2, 0.25) is 0 Å². The molecule has 0 aliphatic rings. The third-order valence-electron chi connectivity index (χ3n) is 1.97. The van der Waals surface area contributed by atoms with E-state index in [-0.39, 0.29) is 5.82 Å². The van der Waals surface area contributed by atoms with Gasteiger partial charge in [-0.1, -0.05) is 0 Å². The molecule has 0 N–H and O–H groups in total. The van der Waals surface area contributed by atoms with Crippen molar-refractivity contribution in [3.8, 4) is 11.4 Å². The number of rotatable bonds is 2. The van der Waals surface area contributed by atoms with Gasteiger partial charge in [-0.05, 0) is 13.0 Å². The van der Waals surface area contributed by atoms with Crippen molar-refractivity contribution in [1.82, 2.24) is 19.7 Å². The van der Waals surface area contributed by atoms with E-state index < -0.39 is 0 Å². The zero-order valence-electron chi connectivity index (χ0n) is 7.68. The summed E-state index contributed by atoms with van der Waals surface area (Å²) >= 11 is 0. The minimum Gasteiger partial charge on any atom is -0.314 e. The molecule has 0 spiro atoms. The van der Waals surface area contributed by atoms with Gasteiger partial charge in [0, 0.05) is 12.7 Å². The fourth-order valence-corrected chi connectivity index (χ4v) is 1.25. The zero-order chi connectivity index (χ0) is 9.97. The van der Waals surface area contributed by atoms with Crippen molar-refractivity contribution >= 4 is 0 Å². The minimum atomic E-state index is -0.379. The average Bonchev–Trinajstić information content (AvgIpc) is 2.66. The maximum absolute atomic E-state index is 13.3. The van der Waals surface area contributed by atoms with Crippen molar-refractivity contribution in [3.05, 3.63) is 30.6 Å². The van der Waals surface area contributed by atoms with Gasteiger partial charge in [0.25, 0.3) is 0 Å². The van der Waals surface area contributed by atoms with E-state index in [1.54, 1.807) is 17.0 Å². The molecule has 2 aromatic rings. The molecular weight excluding hydrogens is 183 g/mol. The Morgan fingerprint density at radius 1 is 1.50 bits per heavy atom. The summed E-state index contributed by atoms with van der Waals surface area (Å²) in [5, 5.41) is 7.60. The highest BCUT2D eigenvalue weighted by Gasteiger charge is 2.10. The normalized spacial score (nSPS) is 10.4. The Balaban J connectivity index is 2.54. The van der Waals surface area contributed by atoms with Crippen LogP contribution in [0.25, 0.3) is 11.4 Å². The van der Waals surface area contributed by atoms with Crippen LogP contribution in [0.5, 0.6) is 0 Å². The number of nitrogens with zero attached hydrogens (tertiary/aromatic N) is 4. The molecule has 0 fully saturated rings. The first-order valence-electron chi connectivity index (χ1n) is 4.30. The van der Waals surface area contributed by atoms with Gasteiger partial charge < -0.3 is 4.57 Å². The van der Waals surface area contributed by atoms with Crippen molar-refractivity contribution in [2.24, 2.45) is 0 Å². The van der Waals surface area contributed by atoms with Gasteiger partial charge in [-0.2, -0.15) is 0 Å². The van der Waals surface area contributed by atoms with Gasteiger partial charge in [0.1, 0.15) is 6.33 Å². The van der Waals surface area contributed by atoms with Crippen molar-refractivity contribution in [3.63, 3.8) is 0 Å². The Morgan fingerprint density at radius 3 is 3.07 bits per heavy atom. The van der Waals surface area contributed by atoms with Crippen LogP contribution in [-0.4, -0.2) is 19.7 Å². The SMILES string of the molecule is CCn1cnnc1-c1ccncc1F. The van der Waals surface area contributed by atoms with Crippen LogP contribution in [0.3, 0.4) is 0 Å². The molecule has 0 amide bonds. The van der Waals surface area contributed by atoms with Crippen LogP contribution in [0, 0.1) is 5.82 Å². The molecule has 5 heteroatoms. The highest BCUT2D eigenvalue weighted by atomic mass is 19.1. The van der Waals surface area contributed by atoms with Gasteiger partial charge in [-0.25, -0.2) is 4.39 Å². The molecule has 0 radical (unpaired) electrons. The molecule has 0 saturated heterocycles. The summed E-state index contributed by atoms with van der Waals surface area (Å²) in [7, 11) is 0. The Labute approximate surface area is 80.4 Å². The molecule has 0 aliphatic carbocycles. The van der Waals surface area contributed by atoms with Crippen LogP contribution < -0.4 is 0 Å². The highest BCUT2D eigenvalue weighted by Crippen LogP contribution is 2.18. The fraction of sp³-hybridized carbons (Fsp3) is 0.222. The minimum absolute atomic E-state index is 0.379. The summed E-state index contributed by atoms with van der Waals surface area (Å²) in [6.07, 6.45) is 4.28. The van der Waals surface area contributed by atoms with Crippen molar-refractivity contribution in [2.75, 3.05) is 0 Å². The van der Waals surface area contributed by atoms with E-state index in [0.717, 1.165) is 0 Å². The molecule has 2 aromatic heterocycles. The average molecular weight is 192 g/mol. The molecule has 4 nitrogen and oxygen atoms in total.